The predicted octanol–water partition coefficient (Wildman–Crippen LogP) is 5.25. The van der Waals surface area contributed by atoms with E-state index in [0.717, 1.165) is 29.7 Å². The summed E-state index contributed by atoms with van der Waals surface area (Å²) in [6.45, 7) is 8.61. The van der Waals surface area contributed by atoms with Crippen LogP contribution < -0.4 is 14.8 Å². The van der Waals surface area contributed by atoms with Gasteiger partial charge in [-0.1, -0.05) is 43.1 Å². The SMILES string of the molecule is CCCCOc1c(Cl)cc(C(=O)N(C)CC(=O)Nc2c(C)cccc2C)cc1OCC. The van der Waals surface area contributed by atoms with Crippen molar-refractivity contribution in [3.8, 4) is 11.5 Å². The number of aryl methyl sites for hydroxylation is 2. The van der Waals surface area contributed by atoms with Crippen molar-refractivity contribution < 1.29 is 19.1 Å². The second kappa shape index (κ2) is 11.6. The molecule has 2 rings (SSSR count). The summed E-state index contributed by atoms with van der Waals surface area (Å²) in [6.07, 6.45) is 1.88. The summed E-state index contributed by atoms with van der Waals surface area (Å²) in [5.41, 5.74) is 3.03. The number of para-hydroxylation sites is 1. The van der Waals surface area contributed by atoms with Gasteiger partial charge in [0.25, 0.3) is 5.91 Å². The van der Waals surface area contributed by atoms with E-state index >= 15 is 0 Å². The highest BCUT2D eigenvalue weighted by Gasteiger charge is 2.20. The number of anilines is 1. The lowest BCUT2D eigenvalue weighted by atomic mass is 10.1. The molecule has 31 heavy (non-hydrogen) atoms. The van der Waals surface area contributed by atoms with Crippen molar-refractivity contribution in [2.75, 3.05) is 32.1 Å². The first kappa shape index (κ1) is 24.5. The molecular weight excluding hydrogens is 416 g/mol. The van der Waals surface area contributed by atoms with E-state index in [1.165, 1.54) is 4.90 Å². The fraction of sp³-hybridized carbons (Fsp3) is 0.417. The van der Waals surface area contributed by atoms with Crippen LogP contribution in [0.1, 0.15) is 48.2 Å². The molecule has 7 heteroatoms. The first-order valence-electron chi connectivity index (χ1n) is 10.5. The predicted molar refractivity (Wildman–Crippen MR) is 125 cm³/mol. The van der Waals surface area contributed by atoms with Crippen LogP contribution in [0.4, 0.5) is 5.69 Å². The van der Waals surface area contributed by atoms with Crippen LogP contribution in [0.15, 0.2) is 30.3 Å². The Bertz CT molecular complexity index is 910. The van der Waals surface area contributed by atoms with Crippen molar-refractivity contribution in [3.63, 3.8) is 0 Å². The Kier molecular flexibility index (Phi) is 9.19. The molecular formula is C24H31ClN2O4. The fourth-order valence-electron chi connectivity index (χ4n) is 3.11. The average Bonchev–Trinajstić information content (AvgIpc) is 2.72. The third kappa shape index (κ3) is 6.62. The molecule has 0 aromatic heterocycles. The quantitative estimate of drug-likeness (QED) is 0.506. The summed E-state index contributed by atoms with van der Waals surface area (Å²) >= 11 is 6.39. The number of rotatable bonds is 10. The largest absolute Gasteiger partial charge is 0.490 e. The van der Waals surface area contributed by atoms with Crippen molar-refractivity contribution >= 4 is 29.1 Å². The van der Waals surface area contributed by atoms with Gasteiger partial charge >= 0.3 is 0 Å². The summed E-state index contributed by atoms with van der Waals surface area (Å²) < 4.78 is 11.4. The van der Waals surface area contributed by atoms with E-state index < -0.39 is 0 Å². The maximum Gasteiger partial charge on any atom is 0.254 e. The Morgan fingerprint density at radius 3 is 2.39 bits per heavy atom. The maximum atomic E-state index is 12.9. The van der Waals surface area contributed by atoms with Crippen LogP contribution in [0.2, 0.25) is 5.02 Å². The first-order valence-corrected chi connectivity index (χ1v) is 10.9. The van der Waals surface area contributed by atoms with Gasteiger partial charge < -0.3 is 19.7 Å². The first-order chi connectivity index (χ1) is 14.8. The van der Waals surface area contributed by atoms with Crippen LogP contribution in [0.25, 0.3) is 0 Å². The number of likely N-dealkylation sites (N-methyl/N-ethyl adjacent to an activating group) is 1. The molecule has 1 N–H and O–H groups in total. The zero-order valence-electron chi connectivity index (χ0n) is 18.9. The van der Waals surface area contributed by atoms with Crippen LogP contribution in [0, 0.1) is 13.8 Å². The molecule has 0 unspecified atom stereocenters. The van der Waals surface area contributed by atoms with Gasteiger partial charge in [0, 0.05) is 18.3 Å². The molecule has 2 aromatic carbocycles. The van der Waals surface area contributed by atoms with E-state index in [4.69, 9.17) is 21.1 Å². The molecule has 0 saturated heterocycles. The van der Waals surface area contributed by atoms with Crippen molar-refractivity contribution in [2.24, 2.45) is 0 Å². The van der Waals surface area contributed by atoms with Crippen molar-refractivity contribution in [2.45, 2.75) is 40.5 Å². The highest BCUT2D eigenvalue weighted by Crippen LogP contribution is 2.37. The number of hydrogen-bond donors (Lipinski definition) is 1. The van der Waals surface area contributed by atoms with E-state index in [0.29, 0.717) is 35.3 Å². The number of halogens is 1. The fourth-order valence-corrected chi connectivity index (χ4v) is 3.38. The van der Waals surface area contributed by atoms with Gasteiger partial charge in [-0.15, -0.1) is 0 Å². The third-order valence-electron chi connectivity index (χ3n) is 4.77. The Balaban J connectivity index is 2.14. The minimum atomic E-state index is -0.334. The summed E-state index contributed by atoms with van der Waals surface area (Å²) in [6, 6.07) is 8.95. The van der Waals surface area contributed by atoms with E-state index in [1.807, 2.05) is 39.0 Å². The van der Waals surface area contributed by atoms with Gasteiger partial charge in [0.15, 0.2) is 11.5 Å². The molecule has 0 bridgehead atoms. The van der Waals surface area contributed by atoms with Gasteiger partial charge in [-0.2, -0.15) is 0 Å². The van der Waals surface area contributed by atoms with Crippen LogP contribution >= 0.6 is 11.6 Å². The van der Waals surface area contributed by atoms with Crippen LogP contribution in [-0.4, -0.2) is 43.5 Å². The van der Waals surface area contributed by atoms with Crippen molar-refractivity contribution in [1.82, 2.24) is 4.90 Å². The number of nitrogens with one attached hydrogen (secondary N) is 1. The van der Waals surface area contributed by atoms with Gasteiger partial charge in [0.2, 0.25) is 5.91 Å². The molecule has 168 valence electrons. The number of amides is 2. The maximum absolute atomic E-state index is 12.9. The van der Waals surface area contributed by atoms with E-state index in [-0.39, 0.29) is 18.4 Å². The highest BCUT2D eigenvalue weighted by atomic mass is 35.5. The number of carbonyl (C=O) groups excluding carboxylic acids is 2. The number of hydrogen-bond acceptors (Lipinski definition) is 4. The molecule has 0 heterocycles. The molecule has 0 fully saturated rings. The topological polar surface area (TPSA) is 67.9 Å². The average molecular weight is 447 g/mol. The zero-order valence-corrected chi connectivity index (χ0v) is 19.6. The summed E-state index contributed by atoms with van der Waals surface area (Å²) in [7, 11) is 1.58. The summed E-state index contributed by atoms with van der Waals surface area (Å²) in [4.78, 5) is 26.8. The van der Waals surface area contributed by atoms with Crippen LogP contribution in [0.5, 0.6) is 11.5 Å². The van der Waals surface area contributed by atoms with E-state index in [2.05, 4.69) is 12.2 Å². The zero-order chi connectivity index (χ0) is 23.0. The number of unbranched alkanes of at least 4 members (excludes halogenated alkanes) is 1. The van der Waals surface area contributed by atoms with Crippen LogP contribution in [-0.2, 0) is 4.79 Å². The Morgan fingerprint density at radius 2 is 1.77 bits per heavy atom. The lowest BCUT2D eigenvalue weighted by molar-refractivity contribution is -0.116. The molecule has 0 atom stereocenters. The molecule has 2 amide bonds. The van der Waals surface area contributed by atoms with Gasteiger partial charge in [-0.3, -0.25) is 9.59 Å². The third-order valence-corrected chi connectivity index (χ3v) is 5.05. The van der Waals surface area contributed by atoms with Crippen LogP contribution in [0.3, 0.4) is 0 Å². The monoisotopic (exact) mass is 446 g/mol. The van der Waals surface area contributed by atoms with Crippen molar-refractivity contribution in [1.29, 1.82) is 0 Å². The molecule has 0 aliphatic heterocycles. The highest BCUT2D eigenvalue weighted by molar-refractivity contribution is 6.32. The molecule has 0 aliphatic carbocycles. The second-order valence-electron chi connectivity index (χ2n) is 7.40. The number of benzene rings is 2. The summed E-state index contributed by atoms with van der Waals surface area (Å²) in [5, 5.41) is 3.20. The standard InChI is InChI=1S/C24H31ClN2O4/c1-6-8-12-31-23-19(25)13-18(14-20(23)30-7-2)24(29)27(5)15-21(28)26-22-16(3)10-9-11-17(22)4/h9-11,13-14H,6-8,12,15H2,1-5H3,(H,26,28). The molecule has 0 radical (unpaired) electrons. The number of carbonyl (C=O) groups is 2. The van der Waals surface area contributed by atoms with Gasteiger partial charge in [-0.05, 0) is 50.5 Å². The summed E-state index contributed by atoms with van der Waals surface area (Å²) in [5.74, 6) is 0.246. The second-order valence-corrected chi connectivity index (χ2v) is 7.80. The van der Waals surface area contributed by atoms with Gasteiger partial charge in [-0.25, -0.2) is 0 Å². The van der Waals surface area contributed by atoms with E-state index in [9.17, 15) is 9.59 Å². The molecule has 0 saturated carbocycles. The minimum Gasteiger partial charge on any atom is -0.490 e. The Labute approximate surface area is 189 Å². The van der Waals surface area contributed by atoms with Crippen molar-refractivity contribution in [3.05, 3.63) is 52.0 Å². The number of ether oxygens (including phenoxy) is 2. The molecule has 0 spiro atoms. The lowest BCUT2D eigenvalue weighted by Gasteiger charge is -2.20. The molecule has 6 nitrogen and oxygen atoms in total. The molecule has 0 aliphatic rings. The lowest BCUT2D eigenvalue weighted by Crippen LogP contribution is -2.35. The normalized spacial score (nSPS) is 10.5. The Morgan fingerprint density at radius 1 is 1.10 bits per heavy atom. The molecule has 2 aromatic rings. The van der Waals surface area contributed by atoms with Gasteiger partial charge in [0.05, 0.1) is 24.8 Å². The van der Waals surface area contributed by atoms with Gasteiger partial charge in [0.1, 0.15) is 0 Å². The Hall–Kier alpha value is -2.73. The van der Waals surface area contributed by atoms with E-state index in [1.54, 1.807) is 19.2 Å². The minimum absolute atomic E-state index is 0.0943. The number of nitrogens with zero attached hydrogens (tertiary/aromatic N) is 1. The smallest absolute Gasteiger partial charge is 0.254 e.